The summed E-state index contributed by atoms with van der Waals surface area (Å²) >= 11 is 0. The molecule has 1 aliphatic heterocycles. The lowest BCUT2D eigenvalue weighted by atomic mass is 9.84. The van der Waals surface area contributed by atoms with Crippen LogP contribution in [0.3, 0.4) is 0 Å². The second-order valence-electron chi connectivity index (χ2n) is 5.03. The number of ether oxygens (including phenoxy) is 2. The quantitative estimate of drug-likeness (QED) is 0.681. The van der Waals surface area contributed by atoms with E-state index in [0.29, 0.717) is 5.92 Å². The highest BCUT2D eigenvalue weighted by Gasteiger charge is 2.27. The average molecular weight is 222 g/mol. The fraction of sp³-hybridized carbons (Fsp3) is 0.714. The lowest BCUT2D eigenvalue weighted by Gasteiger charge is -2.30. The van der Waals surface area contributed by atoms with Gasteiger partial charge in [-0.3, -0.25) is 0 Å². The Bertz CT molecular complexity index is 287. The van der Waals surface area contributed by atoms with Gasteiger partial charge in [0.1, 0.15) is 0 Å². The molecule has 0 amide bonds. The van der Waals surface area contributed by atoms with Gasteiger partial charge in [-0.15, -0.1) is 0 Å². The maximum Gasteiger partial charge on any atom is 0.158 e. The van der Waals surface area contributed by atoms with E-state index in [0.717, 1.165) is 32.3 Å². The molecule has 1 fully saturated rings. The summed E-state index contributed by atoms with van der Waals surface area (Å²) in [5, 5.41) is 0. The Kier molecular flexibility index (Phi) is 3.82. The lowest BCUT2D eigenvalue weighted by molar-refractivity contribution is -0.138. The van der Waals surface area contributed by atoms with Crippen LogP contribution >= 0.6 is 0 Å². The van der Waals surface area contributed by atoms with E-state index >= 15 is 0 Å². The maximum absolute atomic E-state index is 6.01. The third-order valence-corrected chi connectivity index (χ3v) is 3.63. The van der Waals surface area contributed by atoms with E-state index in [9.17, 15) is 0 Å². The van der Waals surface area contributed by atoms with Crippen molar-refractivity contribution in [2.75, 3.05) is 6.61 Å². The number of hydrogen-bond acceptors (Lipinski definition) is 2. The zero-order valence-electron chi connectivity index (χ0n) is 10.4. The second-order valence-corrected chi connectivity index (χ2v) is 5.03. The predicted molar refractivity (Wildman–Crippen MR) is 65.1 cm³/mol. The molecular formula is C14H22O2. The molecule has 1 heterocycles. The molecule has 0 aromatic rings. The summed E-state index contributed by atoms with van der Waals surface area (Å²) in [5.74, 6) is 0.579. The Labute approximate surface area is 98.3 Å². The van der Waals surface area contributed by atoms with Gasteiger partial charge in [-0.2, -0.15) is 0 Å². The summed E-state index contributed by atoms with van der Waals surface area (Å²) in [4.78, 5) is 0. The molecule has 0 aromatic carbocycles. The summed E-state index contributed by atoms with van der Waals surface area (Å²) in [6.45, 7) is 9.18. The molecule has 0 spiro atoms. The molecule has 0 aromatic heterocycles. The summed E-state index contributed by atoms with van der Waals surface area (Å²) in [7, 11) is 0. The van der Waals surface area contributed by atoms with E-state index < -0.39 is 0 Å². The van der Waals surface area contributed by atoms with E-state index in [1.807, 2.05) is 0 Å². The predicted octanol–water partition coefficient (Wildman–Crippen LogP) is 3.44. The minimum absolute atomic E-state index is 0.0252. The number of rotatable bonds is 3. The third kappa shape index (κ3) is 2.74. The highest BCUT2D eigenvalue weighted by atomic mass is 16.7. The standard InChI is InChI=1S/C14H22O2/c1-10(2)12-7-6-11(3)13(9-12)16-14-5-4-8-15-14/h6,12-14H,1,4-5,7-9H2,2-3H3/t12-,13-,14-/m1/s1. The van der Waals surface area contributed by atoms with Gasteiger partial charge in [-0.1, -0.05) is 18.2 Å². The Morgan fingerprint density at radius 1 is 1.56 bits per heavy atom. The van der Waals surface area contributed by atoms with Gasteiger partial charge in [-0.05, 0) is 44.6 Å². The highest BCUT2D eigenvalue weighted by Crippen LogP contribution is 2.32. The SMILES string of the molecule is C=C(C)[C@@H]1CC=C(C)[C@H](O[C@@H]2CCCO2)C1. The van der Waals surface area contributed by atoms with E-state index in [1.54, 1.807) is 0 Å². The number of allylic oxidation sites excluding steroid dienone is 2. The summed E-state index contributed by atoms with van der Waals surface area (Å²) in [6, 6.07) is 0. The third-order valence-electron chi connectivity index (χ3n) is 3.63. The van der Waals surface area contributed by atoms with Crippen molar-refractivity contribution in [3.8, 4) is 0 Å². The largest absolute Gasteiger partial charge is 0.353 e. The Hall–Kier alpha value is -0.600. The molecule has 2 nitrogen and oxygen atoms in total. The second kappa shape index (κ2) is 5.15. The van der Waals surface area contributed by atoms with Crippen molar-refractivity contribution in [1.82, 2.24) is 0 Å². The molecule has 2 heteroatoms. The molecule has 90 valence electrons. The van der Waals surface area contributed by atoms with E-state index in [-0.39, 0.29) is 12.4 Å². The van der Waals surface area contributed by atoms with Crippen molar-refractivity contribution in [2.45, 2.75) is 51.9 Å². The molecule has 0 saturated carbocycles. The van der Waals surface area contributed by atoms with Gasteiger partial charge < -0.3 is 9.47 Å². The van der Waals surface area contributed by atoms with Gasteiger partial charge in [0.25, 0.3) is 0 Å². The van der Waals surface area contributed by atoms with Gasteiger partial charge in [0.2, 0.25) is 0 Å². The van der Waals surface area contributed by atoms with Gasteiger partial charge in [0, 0.05) is 13.0 Å². The lowest BCUT2D eigenvalue weighted by Crippen LogP contribution is -2.28. The average Bonchev–Trinajstić information content (AvgIpc) is 2.73. The molecule has 0 radical (unpaired) electrons. The van der Waals surface area contributed by atoms with Crippen molar-refractivity contribution in [3.63, 3.8) is 0 Å². The summed E-state index contributed by atoms with van der Waals surface area (Å²) in [6.07, 6.45) is 6.91. The van der Waals surface area contributed by atoms with Gasteiger partial charge in [0.15, 0.2) is 6.29 Å². The van der Waals surface area contributed by atoms with Crippen LogP contribution in [0, 0.1) is 5.92 Å². The Morgan fingerprint density at radius 2 is 2.38 bits per heavy atom. The van der Waals surface area contributed by atoms with Crippen LogP contribution in [0.4, 0.5) is 0 Å². The zero-order chi connectivity index (χ0) is 11.5. The molecule has 3 atom stereocenters. The zero-order valence-corrected chi connectivity index (χ0v) is 10.4. The van der Waals surface area contributed by atoms with Crippen molar-refractivity contribution < 1.29 is 9.47 Å². The van der Waals surface area contributed by atoms with Crippen LogP contribution < -0.4 is 0 Å². The monoisotopic (exact) mass is 222 g/mol. The van der Waals surface area contributed by atoms with E-state index in [4.69, 9.17) is 9.47 Å². The van der Waals surface area contributed by atoms with Gasteiger partial charge in [-0.25, -0.2) is 0 Å². The minimum Gasteiger partial charge on any atom is -0.353 e. The minimum atomic E-state index is 0.0252. The first-order valence-electron chi connectivity index (χ1n) is 6.26. The maximum atomic E-state index is 6.01. The molecule has 0 N–H and O–H groups in total. The molecule has 2 rings (SSSR count). The summed E-state index contributed by atoms with van der Waals surface area (Å²) < 4.78 is 11.5. The smallest absolute Gasteiger partial charge is 0.158 e. The molecule has 2 aliphatic rings. The van der Waals surface area contributed by atoms with Crippen LogP contribution in [0.1, 0.15) is 39.5 Å². The molecule has 1 aliphatic carbocycles. The van der Waals surface area contributed by atoms with Gasteiger partial charge >= 0.3 is 0 Å². The molecule has 0 unspecified atom stereocenters. The van der Waals surface area contributed by atoms with Gasteiger partial charge in [0.05, 0.1) is 6.10 Å². The van der Waals surface area contributed by atoms with Crippen LogP contribution in [0.25, 0.3) is 0 Å². The Balaban J connectivity index is 1.94. The first-order valence-corrected chi connectivity index (χ1v) is 6.26. The van der Waals surface area contributed by atoms with Crippen LogP contribution in [0.5, 0.6) is 0 Å². The van der Waals surface area contributed by atoms with Crippen molar-refractivity contribution in [1.29, 1.82) is 0 Å². The first-order chi connectivity index (χ1) is 7.66. The van der Waals surface area contributed by atoms with Crippen molar-refractivity contribution >= 4 is 0 Å². The van der Waals surface area contributed by atoms with Crippen molar-refractivity contribution in [2.24, 2.45) is 5.92 Å². The molecule has 16 heavy (non-hydrogen) atoms. The fourth-order valence-corrected chi connectivity index (χ4v) is 2.40. The van der Waals surface area contributed by atoms with E-state index in [1.165, 1.54) is 11.1 Å². The highest BCUT2D eigenvalue weighted by molar-refractivity contribution is 5.15. The molecule has 1 saturated heterocycles. The molecular weight excluding hydrogens is 200 g/mol. The van der Waals surface area contributed by atoms with Crippen molar-refractivity contribution in [3.05, 3.63) is 23.8 Å². The summed E-state index contributed by atoms with van der Waals surface area (Å²) in [5.41, 5.74) is 2.62. The van der Waals surface area contributed by atoms with Crippen LogP contribution in [0.15, 0.2) is 23.8 Å². The molecule has 0 bridgehead atoms. The normalized spacial score (nSPS) is 34.9. The fourth-order valence-electron chi connectivity index (χ4n) is 2.40. The van der Waals surface area contributed by atoms with Crippen LogP contribution in [-0.4, -0.2) is 19.0 Å². The first kappa shape index (κ1) is 11.9. The van der Waals surface area contributed by atoms with E-state index in [2.05, 4.69) is 26.5 Å². The van der Waals surface area contributed by atoms with Crippen LogP contribution in [-0.2, 0) is 9.47 Å². The van der Waals surface area contributed by atoms with Crippen LogP contribution in [0.2, 0.25) is 0 Å². The topological polar surface area (TPSA) is 18.5 Å². The number of hydrogen-bond donors (Lipinski definition) is 0. The Morgan fingerprint density at radius 3 is 3.00 bits per heavy atom.